The van der Waals surface area contributed by atoms with E-state index in [0.29, 0.717) is 37.3 Å². The lowest BCUT2D eigenvalue weighted by molar-refractivity contribution is -0.125. The van der Waals surface area contributed by atoms with Crippen molar-refractivity contribution in [3.8, 4) is 0 Å². The zero-order valence-electron chi connectivity index (χ0n) is 16.2. The first kappa shape index (κ1) is 21.0. The summed E-state index contributed by atoms with van der Waals surface area (Å²) in [6.07, 6.45) is 2.33. The molecule has 9 heteroatoms. The number of carbonyl (C=O) groups is 2. The molecular weight excluding hydrogens is 368 g/mol. The first-order valence-corrected chi connectivity index (χ1v) is 10.8. The average Bonchev–Trinajstić information content (AvgIpc) is 2.75. The van der Waals surface area contributed by atoms with E-state index in [1.54, 1.807) is 29.2 Å². The van der Waals surface area contributed by atoms with Gasteiger partial charge in [0.05, 0.1) is 17.6 Å². The largest absolute Gasteiger partial charge is 0.354 e. The second-order valence-electron chi connectivity index (χ2n) is 7.16. The highest BCUT2D eigenvalue weighted by Crippen LogP contribution is 2.27. The molecule has 2 N–H and O–H groups in total. The fourth-order valence-electron chi connectivity index (χ4n) is 3.02. The number of benzene rings is 1. The number of nitrogens with one attached hydrogen (secondary N) is 2. The first-order valence-electron chi connectivity index (χ1n) is 8.99. The third kappa shape index (κ3) is 5.35. The number of hydrogen-bond acceptors (Lipinski definition) is 4. The summed E-state index contributed by atoms with van der Waals surface area (Å²) in [5.74, 6) is 0.0932. The zero-order valence-corrected chi connectivity index (χ0v) is 17.0. The predicted octanol–water partition coefficient (Wildman–Crippen LogP) is 1.85. The van der Waals surface area contributed by atoms with E-state index in [4.69, 9.17) is 0 Å². The molecule has 27 heavy (non-hydrogen) atoms. The van der Waals surface area contributed by atoms with Gasteiger partial charge in [-0.2, -0.15) is 0 Å². The maximum Gasteiger partial charge on any atom is 0.322 e. The molecular formula is C18H28N4O4S. The smallest absolute Gasteiger partial charge is 0.322 e. The lowest BCUT2D eigenvalue weighted by Crippen LogP contribution is -2.49. The molecule has 0 aliphatic carbocycles. The Hall–Kier alpha value is -2.29. The van der Waals surface area contributed by atoms with Crippen LogP contribution in [0.3, 0.4) is 0 Å². The maximum absolute atomic E-state index is 12.9. The molecule has 1 aliphatic heterocycles. The molecule has 0 bridgehead atoms. The van der Waals surface area contributed by atoms with E-state index in [-0.39, 0.29) is 11.8 Å². The maximum atomic E-state index is 12.9. The van der Waals surface area contributed by atoms with Crippen LogP contribution in [0.15, 0.2) is 24.3 Å². The monoisotopic (exact) mass is 396 g/mol. The molecule has 1 saturated heterocycles. The van der Waals surface area contributed by atoms with Crippen molar-refractivity contribution in [2.24, 2.45) is 5.92 Å². The Labute approximate surface area is 161 Å². The Morgan fingerprint density at radius 3 is 2.67 bits per heavy atom. The summed E-state index contributed by atoms with van der Waals surface area (Å²) in [5.41, 5.74) is 0.747. The lowest BCUT2D eigenvalue weighted by atomic mass is 10.0. The Bertz CT molecular complexity index is 794. The minimum absolute atomic E-state index is 0.155. The van der Waals surface area contributed by atoms with Crippen LogP contribution in [-0.4, -0.2) is 57.7 Å². The summed E-state index contributed by atoms with van der Waals surface area (Å²) in [6, 6.07) is 5.73. The lowest BCUT2D eigenvalue weighted by Gasteiger charge is -2.30. The van der Waals surface area contributed by atoms with E-state index in [1.807, 2.05) is 13.8 Å². The van der Waals surface area contributed by atoms with Crippen LogP contribution in [0.5, 0.6) is 0 Å². The topological polar surface area (TPSA) is 98.8 Å². The quantitative estimate of drug-likeness (QED) is 0.793. The standard InChI is InChI=1S/C18H28N4O4S/c1-13(2)12-16-17(23)19-10-7-11-22(16)18(24)20-14-8-5-6-9-15(14)21(3)27(4,25)26/h5-6,8-9,13,16H,7,10-12H2,1-4H3,(H,19,23)(H,20,24). The molecule has 1 fully saturated rings. The summed E-state index contributed by atoms with van der Waals surface area (Å²) in [6.45, 7) is 4.99. The molecule has 1 aromatic carbocycles. The summed E-state index contributed by atoms with van der Waals surface area (Å²) in [5, 5.41) is 5.64. The van der Waals surface area contributed by atoms with Gasteiger partial charge in [-0.1, -0.05) is 26.0 Å². The Balaban J connectivity index is 2.28. The van der Waals surface area contributed by atoms with Gasteiger partial charge in [-0.25, -0.2) is 13.2 Å². The van der Waals surface area contributed by atoms with Gasteiger partial charge in [0.2, 0.25) is 15.9 Å². The third-order valence-electron chi connectivity index (χ3n) is 4.49. The van der Waals surface area contributed by atoms with Gasteiger partial charge in [0, 0.05) is 20.1 Å². The highest BCUT2D eigenvalue weighted by molar-refractivity contribution is 7.92. The van der Waals surface area contributed by atoms with Crippen molar-refractivity contribution in [2.75, 3.05) is 36.0 Å². The number of urea groups is 1. The SMILES string of the molecule is CC(C)CC1C(=O)NCCCN1C(=O)Nc1ccccc1N(C)S(C)(=O)=O. The van der Waals surface area contributed by atoms with Crippen LogP contribution in [-0.2, 0) is 14.8 Å². The van der Waals surface area contributed by atoms with Gasteiger partial charge in [-0.05, 0) is 30.9 Å². The van der Waals surface area contributed by atoms with E-state index in [2.05, 4.69) is 10.6 Å². The van der Waals surface area contributed by atoms with Crippen LogP contribution in [0.2, 0.25) is 0 Å². The van der Waals surface area contributed by atoms with Crippen LogP contribution in [0.1, 0.15) is 26.7 Å². The van der Waals surface area contributed by atoms with E-state index >= 15 is 0 Å². The minimum Gasteiger partial charge on any atom is -0.354 e. The highest BCUT2D eigenvalue weighted by atomic mass is 32.2. The van der Waals surface area contributed by atoms with Crippen LogP contribution in [0.4, 0.5) is 16.2 Å². The number of anilines is 2. The molecule has 8 nitrogen and oxygen atoms in total. The second kappa shape index (κ2) is 8.60. The van der Waals surface area contributed by atoms with Crippen molar-refractivity contribution in [1.82, 2.24) is 10.2 Å². The second-order valence-corrected chi connectivity index (χ2v) is 9.17. The number of para-hydroxylation sites is 2. The van der Waals surface area contributed by atoms with Crippen molar-refractivity contribution in [3.63, 3.8) is 0 Å². The molecule has 1 aliphatic rings. The van der Waals surface area contributed by atoms with Gasteiger partial charge in [-0.15, -0.1) is 0 Å². The normalized spacial score (nSPS) is 18.0. The summed E-state index contributed by atoms with van der Waals surface area (Å²) in [7, 11) is -2.04. The predicted molar refractivity (Wildman–Crippen MR) is 106 cm³/mol. The molecule has 1 aromatic rings. The molecule has 0 aromatic heterocycles. The van der Waals surface area contributed by atoms with Crippen LogP contribution in [0, 0.1) is 5.92 Å². The average molecular weight is 397 g/mol. The number of rotatable bonds is 5. The molecule has 2 rings (SSSR count). The van der Waals surface area contributed by atoms with Crippen molar-refractivity contribution >= 4 is 33.3 Å². The van der Waals surface area contributed by atoms with E-state index < -0.39 is 22.1 Å². The molecule has 0 radical (unpaired) electrons. The fraction of sp³-hybridized carbons (Fsp3) is 0.556. The molecule has 0 spiro atoms. The van der Waals surface area contributed by atoms with Crippen LogP contribution >= 0.6 is 0 Å². The van der Waals surface area contributed by atoms with Gasteiger partial charge < -0.3 is 15.5 Å². The zero-order chi connectivity index (χ0) is 20.2. The number of nitrogens with zero attached hydrogens (tertiary/aromatic N) is 2. The minimum atomic E-state index is -3.48. The van der Waals surface area contributed by atoms with E-state index in [0.717, 1.165) is 10.6 Å². The molecule has 150 valence electrons. The molecule has 1 atom stereocenters. The van der Waals surface area contributed by atoms with Crippen molar-refractivity contribution in [1.29, 1.82) is 0 Å². The molecule has 1 heterocycles. The number of amides is 3. The number of sulfonamides is 1. The van der Waals surface area contributed by atoms with Gasteiger partial charge in [0.1, 0.15) is 6.04 Å². The third-order valence-corrected chi connectivity index (χ3v) is 5.68. The molecule has 1 unspecified atom stereocenters. The highest BCUT2D eigenvalue weighted by Gasteiger charge is 2.32. The summed E-state index contributed by atoms with van der Waals surface area (Å²) in [4.78, 5) is 26.9. The van der Waals surface area contributed by atoms with Gasteiger partial charge in [-0.3, -0.25) is 9.10 Å². The summed E-state index contributed by atoms with van der Waals surface area (Å²) >= 11 is 0. The Kier molecular flexibility index (Phi) is 6.69. The Morgan fingerprint density at radius 2 is 2.04 bits per heavy atom. The van der Waals surface area contributed by atoms with E-state index in [9.17, 15) is 18.0 Å². The number of carbonyl (C=O) groups excluding carboxylic acids is 2. The van der Waals surface area contributed by atoms with Crippen molar-refractivity contribution < 1.29 is 18.0 Å². The van der Waals surface area contributed by atoms with Crippen molar-refractivity contribution in [3.05, 3.63) is 24.3 Å². The summed E-state index contributed by atoms with van der Waals surface area (Å²) < 4.78 is 24.9. The Morgan fingerprint density at radius 1 is 1.37 bits per heavy atom. The number of hydrogen-bond donors (Lipinski definition) is 2. The van der Waals surface area contributed by atoms with Crippen LogP contribution in [0.25, 0.3) is 0 Å². The van der Waals surface area contributed by atoms with Crippen LogP contribution < -0.4 is 14.9 Å². The first-order chi connectivity index (χ1) is 12.6. The van der Waals surface area contributed by atoms with Gasteiger partial charge in [0.25, 0.3) is 0 Å². The van der Waals surface area contributed by atoms with E-state index in [1.165, 1.54) is 7.05 Å². The van der Waals surface area contributed by atoms with Gasteiger partial charge >= 0.3 is 6.03 Å². The van der Waals surface area contributed by atoms with Gasteiger partial charge in [0.15, 0.2) is 0 Å². The fourth-order valence-corrected chi connectivity index (χ4v) is 3.54. The van der Waals surface area contributed by atoms with Crippen molar-refractivity contribution in [2.45, 2.75) is 32.7 Å². The molecule has 0 saturated carbocycles. The molecule has 3 amide bonds.